The highest BCUT2D eigenvalue weighted by Gasteiger charge is 2.27. The van der Waals surface area contributed by atoms with Crippen LogP contribution in [0.1, 0.15) is 47.3 Å². The Hall–Kier alpha value is -4.89. The van der Waals surface area contributed by atoms with E-state index in [0.29, 0.717) is 31.0 Å². The van der Waals surface area contributed by atoms with Crippen molar-refractivity contribution in [2.75, 3.05) is 7.11 Å². The fourth-order valence-corrected chi connectivity index (χ4v) is 5.54. The van der Waals surface area contributed by atoms with Gasteiger partial charge in [-0.2, -0.15) is 0 Å². The normalized spacial score (nSPS) is 13.0. The van der Waals surface area contributed by atoms with E-state index in [0.717, 1.165) is 44.2 Å². The molecule has 3 heterocycles. The van der Waals surface area contributed by atoms with Crippen molar-refractivity contribution in [1.29, 1.82) is 0 Å². The van der Waals surface area contributed by atoms with Gasteiger partial charge in [0.25, 0.3) is 0 Å². The van der Waals surface area contributed by atoms with Crippen LogP contribution in [0.5, 0.6) is 5.75 Å². The van der Waals surface area contributed by atoms with Gasteiger partial charge in [-0.3, -0.25) is 4.79 Å². The number of hydrogen-bond acceptors (Lipinski definition) is 5. The van der Waals surface area contributed by atoms with Crippen LogP contribution in [0.25, 0.3) is 21.8 Å². The highest BCUT2D eigenvalue weighted by molar-refractivity contribution is 5.84. The van der Waals surface area contributed by atoms with Crippen molar-refractivity contribution in [1.82, 2.24) is 30.0 Å². The number of carbonyl (C=O) groups is 1. The van der Waals surface area contributed by atoms with E-state index >= 15 is 0 Å². The van der Waals surface area contributed by atoms with Crippen LogP contribution in [0.2, 0.25) is 0 Å². The van der Waals surface area contributed by atoms with Gasteiger partial charge in [0.1, 0.15) is 5.75 Å². The van der Waals surface area contributed by atoms with Crippen molar-refractivity contribution in [2.24, 2.45) is 5.73 Å². The molecule has 1 amide bonds. The second-order valence-corrected chi connectivity index (χ2v) is 10.3. The maximum absolute atomic E-state index is 12.4. The van der Waals surface area contributed by atoms with E-state index < -0.39 is 12.1 Å². The Morgan fingerprint density at radius 3 is 2.07 bits per heavy atom. The minimum Gasteiger partial charge on any atom is -0.497 e. The first-order valence-corrected chi connectivity index (χ1v) is 13.7. The molecule has 9 nitrogen and oxygen atoms in total. The van der Waals surface area contributed by atoms with Crippen LogP contribution in [0, 0.1) is 0 Å². The number of carbonyl (C=O) groups excluding carboxylic acids is 1. The van der Waals surface area contributed by atoms with Gasteiger partial charge in [0.05, 0.1) is 25.7 Å². The van der Waals surface area contributed by atoms with Gasteiger partial charge in [-0.05, 0) is 47.4 Å². The number of benzene rings is 3. The number of aromatic nitrogens is 5. The molecule has 0 aliphatic heterocycles. The fourth-order valence-electron chi connectivity index (χ4n) is 5.54. The van der Waals surface area contributed by atoms with Gasteiger partial charge in [0.2, 0.25) is 5.91 Å². The third-order valence-electron chi connectivity index (χ3n) is 7.54. The molecule has 6 aromatic rings. The van der Waals surface area contributed by atoms with Crippen molar-refractivity contribution in [3.8, 4) is 5.75 Å². The van der Waals surface area contributed by atoms with Crippen LogP contribution in [-0.4, -0.2) is 37.7 Å². The maximum atomic E-state index is 12.4. The number of nitrogens with two attached hydrogens (primary N) is 1. The number of methoxy groups -OCH3 is 1. The lowest BCUT2D eigenvalue weighted by molar-refractivity contribution is -0.119. The average Bonchev–Trinajstić information content (AvgIpc) is 3.70. The minimum atomic E-state index is -0.417. The standard InChI is InChI=1S/C32H33N7O2/c1-20(40)36-30(16-23-18-35-29-10-6-4-8-26(23)29)32-38-37-31(39(32)19-21-11-13-24(41-2)14-12-21)27(33)15-22-17-34-28-9-5-3-7-25(22)28/h3-14,17-18,27,30,34-35H,15-16,19,33H2,1-2H3,(H,36,40)/t27-,30?/m1/s1. The molecule has 0 fully saturated rings. The predicted octanol–water partition coefficient (Wildman–Crippen LogP) is 4.96. The molecule has 0 spiro atoms. The summed E-state index contributed by atoms with van der Waals surface area (Å²) in [5.41, 5.74) is 12.2. The Labute approximate surface area is 237 Å². The summed E-state index contributed by atoms with van der Waals surface area (Å²) in [5.74, 6) is 1.96. The van der Waals surface area contributed by atoms with E-state index in [2.05, 4.69) is 48.2 Å². The number of rotatable bonds is 10. The topological polar surface area (TPSA) is 127 Å². The van der Waals surface area contributed by atoms with Crippen LogP contribution in [0.15, 0.2) is 85.2 Å². The molecule has 1 unspecified atom stereocenters. The molecule has 3 aromatic carbocycles. The van der Waals surface area contributed by atoms with Crippen LogP contribution in [0.4, 0.5) is 0 Å². The molecule has 0 bridgehead atoms. The summed E-state index contributed by atoms with van der Waals surface area (Å²) >= 11 is 0. The summed E-state index contributed by atoms with van der Waals surface area (Å²) in [6, 6.07) is 23.4. The monoisotopic (exact) mass is 547 g/mol. The number of ether oxygens (including phenoxy) is 1. The van der Waals surface area contributed by atoms with Crippen molar-refractivity contribution in [2.45, 2.75) is 38.4 Å². The lowest BCUT2D eigenvalue weighted by Gasteiger charge is -2.21. The maximum Gasteiger partial charge on any atom is 0.217 e. The molecule has 9 heteroatoms. The van der Waals surface area contributed by atoms with Gasteiger partial charge >= 0.3 is 0 Å². The summed E-state index contributed by atoms with van der Waals surface area (Å²) < 4.78 is 7.41. The number of nitrogens with one attached hydrogen (secondary N) is 3. The molecule has 3 aromatic heterocycles. The van der Waals surface area contributed by atoms with Gasteiger partial charge in [-0.1, -0.05) is 48.5 Å². The molecule has 208 valence electrons. The van der Waals surface area contributed by atoms with Crippen molar-refractivity contribution in [3.63, 3.8) is 0 Å². The number of fused-ring (bicyclic) bond motifs is 2. The Morgan fingerprint density at radius 2 is 1.46 bits per heavy atom. The molecule has 6 rings (SSSR count). The highest BCUT2D eigenvalue weighted by Crippen LogP contribution is 2.28. The number of aromatic amines is 2. The minimum absolute atomic E-state index is 0.140. The van der Waals surface area contributed by atoms with Gasteiger partial charge in [-0.15, -0.1) is 10.2 Å². The van der Waals surface area contributed by atoms with Gasteiger partial charge in [0.15, 0.2) is 11.6 Å². The van der Waals surface area contributed by atoms with E-state index in [1.54, 1.807) is 7.11 Å². The molecule has 0 saturated heterocycles. The van der Waals surface area contributed by atoms with Crippen molar-refractivity contribution >= 4 is 27.7 Å². The molecule has 2 atom stereocenters. The first kappa shape index (κ1) is 26.3. The molecule has 0 aliphatic rings. The number of nitrogens with zero attached hydrogens (tertiary/aromatic N) is 3. The van der Waals surface area contributed by atoms with E-state index in [9.17, 15) is 4.79 Å². The zero-order valence-electron chi connectivity index (χ0n) is 23.1. The van der Waals surface area contributed by atoms with Crippen LogP contribution in [0.3, 0.4) is 0 Å². The summed E-state index contributed by atoms with van der Waals surface area (Å²) in [7, 11) is 1.65. The van der Waals surface area contributed by atoms with Crippen LogP contribution >= 0.6 is 0 Å². The number of amides is 1. The number of para-hydroxylation sites is 2. The summed E-state index contributed by atoms with van der Waals surface area (Å²) in [5, 5.41) is 14.6. The number of H-pyrrole nitrogens is 2. The molecule has 5 N–H and O–H groups in total. The summed E-state index contributed by atoms with van der Waals surface area (Å²) in [4.78, 5) is 19.1. The zero-order chi connectivity index (χ0) is 28.3. The highest BCUT2D eigenvalue weighted by atomic mass is 16.5. The van der Waals surface area contributed by atoms with Crippen molar-refractivity contribution in [3.05, 3.63) is 114 Å². The second kappa shape index (κ2) is 11.3. The fraction of sp³-hybridized carbons (Fsp3) is 0.219. The Balaban J connectivity index is 1.39. The lowest BCUT2D eigenvalue weighted by atomic mass is 10.0. The van der Waals surface area contributed by atoms with Crippen molar-refractivity contribution < 1.29 is 9.53 Å². The van der Waals surface area contributed by atoms with Crippen LogP contribution in [-0.2, 0) is 24.2 Å². The molecule has 0 aliphatic carbocycles. The van der Waals surface area contributed by atoms with Gasteiger partial charge < -0.3 is 30.3 Å². The smallest absolute Gasteiger partial charge is 0.217 e. The molecular formula is C32H33N7O2. The number of hydrogen-bond donors (Lipinski definition) is 4. The Bertz CT molecular complexity index is 1800. The Morgan fingerprint density at radius 1 is 0.878 bits per heavy atom. The first-order chi connectivity index (χ1) is 20.0. The van der Waals surface area contributed by atoms with E-state index in [1.165, 1.54) is 6.92 Å². The first-order valence-electron chi connectivity index (χ1n) is 13.7. The molecule has 0 radical (unpaired) electrons. The van der Waals surface area contributed by atoms with Gasteiger partial charge in [0, 0.05) is 47.5 Å². The molecule has 41 heavy (non-hydrogen) atoms. The predicted molar refractivity (Wildman–Crippen MR) is 160 cm³/mol. The van der Waals surface area contributed by atoms with E-state index in [1.807, 2.05) is 67.0 Å². The van der Waals surface area contributed by atoms with E-state index in [4.69, 9.17) is 10.5 Å². The lowest BCUT2D eigenvalue weighted by Crippen LogP contribution is -2.31. The van der Waals surface area contributed by atoms with Crippen LogP contribution < -0.4 is 15.8 Å². The largest absolute Gasteiger partial charge is 0.497 e. The molecule has 0 saturated carbocycles. The third kappa shape index (κ3) is 5.44. The SMILES string of the molecule is COc1ccc(Cn2c(C(Cc3c[nH]c4ccccc34)NC(C)=O)nnc2[C@H](N)Cc2c[nH]c3ccccc23)cc1. The molecular weight excluding hydrogens is 514 g/mol. The zero-order valence-corrected chi connectivity index (χ0v) is 23.1. The van der Waals surface area contributed by atoms with E-state index in [-0.39, 0.29) is 5.91 Å². The quantitative estimate of drug-likeness (QED) is 0.193. The average molecular weight is 548 g/mol. The third-order valence-corrected chi connectivity index (χ3v) is 7.54. The second-order valence-electron chi connectivity index (χ2n) is 10.3. The Kier molecular flexibility index (Phi) is 7.26. The summed E-state index contributed by atoms with van der Waals surface area (Å²) in [6.45, 7) is 2.02. The summed E-state index contributed by atoms with van der Waals surface area (Å²) in [6.07, 6.45) is 5.13. The van der Waals surface area contributed by atoms with Gasteiger partial charge in [-0.25, -0.2) is 0 Å².